The lowest BCUT2D eigenvalue weighted by molar-refractivity contribution is 0.0956. The zero-order chi connectivity index (χ0) is 25.8. The maximum Gasteiger partial charge on any atom is 0.251 e. The van der Waals surface area contributed by atoms with Crippen molar-refractivity contribution in [2.45, 2.75) is 85.2 Å². The van der Waals surface area contributed by atoms with Crippen molar-refractivity contribution < 1.29 is 4.79 Å². The Labute approximate surface area is 211 Å². The number of nitrogens with two attached hydrogens (primary N) is 1. The molecule has 1 amide bonds. The van der Waals surface area contributed by atoms with Crippen molar-refractivity contribution in [3.63, 3.8) is 0 Å². The molecule has 0 aromatic heterocycles. The number of allylic oxidation sites excluding steroid dienone is 3. The summed E-state index contributed by atoms with van der Waals surface area (Å²) in [6, 6.07) is 4.54. The van der Waals surface area contributed by atoms with Crippen LogP contribution in [0.1, 0.15) is 88.2 Å². The first kappa shape index (κ1) is 26.6. The Balaban J connectivity index is 1.98. The van der Waals surface area contributed by atoms with Crippen LogP contribution in [0.4, 0.5) is 5.69 Å². The lowest BCUT2D eigenvalue weighted by Crippen LogP contribution is -2.37. The van der Waals surface area contributed by atoms with Crippen LogP contribution in [-0.2, 0) is 0 Å². The van der Waals surface area contributed by atoms with E-state index in [0.717, 1.165) is 45.9 Å². The lowest BCUT2D eigenvalue weighted by atomic mass is 9.92. The van der Waals surface area contributed by atoms with Crippen molar-refractivity contribution in [3.8, 4) is 11.8 Å². The van der Waals surface area contributed by atoms with Gasteiger partial charge in [-0.15, -0.1) is 0 Å². The molecule has 1 aliphatic heterocycles. The molecule has 0 radical (unpaired) electrons. The third-order valence-corrected chi connectivity index (χ3v) is 6.87. The number of anilines is 1. The van der Waals surface area contributed by atoms with Crippen LogP contribution in [0.5, 0.6) is 0 Å². The normalized spacial score (nSPS) is 16.8. The Kier molecular flexibility index (Phi) is 8.51. The van der Waals surface area contributed by atoms with Gasteiger partial charge in [0.25, 0.3) is 5.91 Å². The molecule has 0 atom stereocenters. The molecule has 3 rings (SSSR count). The van der Waals surface area contributed by atoms with Gasteiger partial charge in [-0.05, 0) is 89.3 Å². The molecule has 5 nitrogen and oxygen atoms in total. The number of carbonyl (C=O) groups excluding carboxylic acids is 1. The Morgan fingerprint density at radius 1 is 1.23 bits per heavy atom. The van der Waals surface area contributed by atoms with Gasteiger partial charge < -0.3 is 21.3 Å². The van der Waals surface area contributed by atoms with Gasteiger partial charge in [-0.25, -0.2) is 0 Å². The SMILES string of the molecule is C=C1NC(C)=CC(C)=C1CNC(=O)c1cc(C#CC(C)(C)N)cc(N(CC)C2CCCCC2)c1C. The summed E-state index contributed by atoms with van der Waals surface area (Å²) in [5, 5.41) is 6.39. The largest absolute Gasteiger partial charge is 0.369 e. The first-order chi connectivity index (χ1) is 16.5. The van der Waals surface area contributed by atoms with E-state index >= 15 is 0 Å². The molecule has 2 aliphatic rings. The number of amides is 1. The topological polar surface area (TPSA) is 70.4 Å². The minimum atomic E-state index is -0.606. The van der Waals surface area contributed by atoms with Crippen LogP contribution in [0.15, 0.2) is 47.3 Å². The molecule has 35 heavy (non-hydrogen) atoms. The van der Waals surface area contributed by atoms with E-state index in [1.807, 2.05) is 26.8 Å². The van der Waals surface area contributed by atoms with Gasteiger partial charge in [0, 0.05) is 47.3 Å². The van der Waals surface area contributed by atoms with E-state index in [-0.39, 0.29) is 5.91 Å². The van der Waals surface area contributed by atoms with Gasteiger partial charge in [0.1, 0.15) is 0 Å². The summed E-state index contributed by atoms with van der Waals surface area (Å²) in [6.45, 7) is 17.5. The molecule has 5 heteroatoms. The second-order valence-electron chi connectivity index (χ2n) is 10.5. The summed E-state index contributed by atoms with van der Waals surface area (Å²) in [6.07, 6.45) is 8.28. The van der Waals surface area contributed by atoms with Crippen LogP contribution in [0, 0.1) is 18.8 Å². The molecular formula is C30H42N4O. The summed E-state index contributed by atoms with van der Waals surface area (Å²) < 4.78 is 0. The molecule has 0 spiro atoms. The van der Waals surface area contributed by atoms with Crippen LogP contribution in [-0.4, -0.2) is 30.6 Å². The zero-order valence-corrected chi connectivity index (χ0v) is 22.4. The number of hydrogen-bond donors (Lipinski definition) is 3. The first-order valence-electron chi connectivity index (χ1n) is 12.9. The van der Waals surface area contributed by atoms with E-state index in [1.54, 1.807) is 0 Å². The highest BCUT2D eigenvalue weighted by Gasteiger charge is 2.24. The zero-order valence-electron chi connectivity index (χ0n) is 22.4. The van der Waals surface area contributed by atoms with E-state index in [1.165, 1.54) is 32.1 Å². The molecule has 0 saturated heterocycles. The fraction of sp³-hybridized carbons (Fsp3) is 0.500. The average molecular weight is 475 g/mol. The lowest BCUT2D eigenvalue weighted by Gasteiger charge is -2.37. The van der Waals surface area contributed by atoms with Gasteiger partial charge in [-0.2, -0.15) is 0 Å². The van der Waals surface area contributed by atoms with Crippen molar-refractivity contribution in [2.75, 3.05) is 18.0 Å². The monoisotopic (exact) mass is 474 g/mol. The molecule has 4 N–H and O–H groups in total. The number of nitrogens with one attached hydrogen (secondary N) is 2. The second-order valence-corrected chi connectivity index (χ2v) is 10.5. The summed E-state index contributed by atoms with van der Waals surface area (Å²) in [4.78, 5) is 16.0. The van der Waals surface area contributed by atoms with Crippen LogP contribution in [0.25, 0.3) is 0 Å². The predicted octanol–water partition coefficient (Wildman–Crippen LogP) is 5.31. The third-order valence-electron chi connectivity index (χ3n) is 6.87. The summed E-state index contributed by atoms with van der Waals surface area (Å²) in [5.41, 5.74) is 13.1. The third kappa shape index (κ3) is 6.80. The van der Waals surface area contributed by atoms with Crippen molar-refractivity contribution in [2.24, 2.45) is 5.73 Å². The number of benzene rings is 1. The number of dihydropyridines is 1. The first-order valence-corrected chi connectivity index (χ1v) is 12.9. The number of nitrogens with zero attached hydrogens (tertiary/aromatic N) is 1. The van der Waals surface area contributed by atoms with Gasteiger partial charge in [0.2, 0.25) is 0 Å². The van der Waals surface area contributed by atoms with Crippen molar-refractivity contribution >= 4 is 11.6 Å². The molecule has 0 unspecified atom stereocenters. The van der Waals surface area contributed by atoms with Crippen LogP contribution in [0.2, 0.25) is 0 Å². The minimum Gasteiger partial charge on any atom is -0.369 e. The van der Waals surface area contributed by atoms with Crippen LogP contribution < -0.4 is 21.3 Å². The Morgan fingerprint density at radius 2 is 1.91 bits per heavy atom. The molecule has 1 aromatic rings. The molecule has 1 fully saturated rings. The highest BCUT2D eigenvalue weighted by atomic mass is 16.1. The molecule has 188 valence electrons. The molecule has 1 saturated carbocycles. The maximum atomic E-state index is 13.5. The van der Waals surface area contributed by atoms with Gasteiger partial charge in [-0.1, -0.05) is 37.7 Å². The predicted molar refractivity (Wildman–Crippen MR) is 147 cm³/mol. The number of hydrogen-bond acceptors (Lipinski definition) is 4. The number of rotatable bonds is 6. The smallest absolute Gasteiger partial charge is 0.251 e. The van der Waals surface area contributed by atoms with E-state index in [2.05, 4.69) is 66.9 Å². The van der Waals surface area contributed by atoms with E-state index in [9.17, 15) is 4.79 Å². The van der Waals surface area contributed by atoms with Gasteiger partial charge in [-0.3, -0.25) is 4.79 Å². The quantitative estimate of drug-likeness (QED) is 0.489. The van der Waals surface area contributed by atoms with Crippen molar-refractivity contribution in [1.29, 1.82) is 0 Å². The second kappa shape index (κ2) is 11.2. The molecule has 1 aliphatic carbocycles. The van der Waals surface area contributed by atoms with Crippen molar-refractivity contribution in [1.82, 2.24) is 10.6 Å². The average Bonchev–Trinajstić information content (AvgIpc) is 2.79. The Morgan fingerprint density at radius 3 is 2.51 bits per heavy atom. The van der Waals surface area contributed by atoms with E-state index in [4.69, 9.17) is 5.73 Å². The van der Waals surface area contributed by atoms with Crippen LogP contribution in [0.3, 0.4) is 0 Å². The number of carbonyl (C=O) groups is 1. The summed E-state index contributed by atoms with van der Waals surface area (Å²) in [7, 11) is 0. The van der Waals surface area contributed by atoms with Gasteiger partial charge in [0.15, 0.2) is 0 Å². The standard InChI is InChI=1S/C30H42N4O/c1-8-34(25-12-10-9-11-13-25)28-18-24(14-15-30(6,7)31)17-26(22(28)4)29(35)32-19-27-20(2)16-21(3)33-23(27)5/h16-18,25,33H,5,8-13,19,31H2,1-4,6-7H3,(H,32,35). The van der Waals surface area contributed by atoms with Crippen molar-refractivity contribution in [3.05, 3.63) is 64.0 Å². The van der Waals surface area contributed by atoms with E-state index < -0.39 is 5.54 Å². The molecule has 0 bridgehead atoms. The summed E-state index contributed by atoms with van der Waals surface area (Å²) in [5.74, 6) is 6.26. The highest BCUT2D eigenvalue weighted by molar-refractivity contribution is 5.98. The molecular weight excluding hydrogens is 432 g/mol. The Hall–Kier alpha value is -2.97. The summed E-state index contributed by atoms with van der Waals surface area (Å²) >= 11 is 0. The fourth-order valence-corrected chi connectivity index (χ4v) is 5.07. The maximum absolute atomic E-state index is 13.5. The molecule has 1 heterocycles. The minimum absolute atomic E-state index is 0.0986. The molecule has 1 aromatic carbocycles. The van der Waals surface area contributed by atoms with Gasteiger partial charge in [0.05, 0.1) is 5.54 Å². The fourth-order valence-electron chi connectivity index (χ4n) is 5.07. The van der Waals surface area contributed by atoms with E-state index in [0.29, 0.717) is 18.2 Å². The Bertz CT molecular complexity index is 1100. The van der Waals surface area contributed by atoms with Crippen LogP contribution >= 0.6 is 0 Å². The highest BCUT2D eigenvalue weighted by Crippen LogP contribution is 2.32. The van der Waals surface area contributed by atoms with Gasteiger partial charge >= 0.3 is 0 Å².